The van der Waals surface area contributed by atoms with Gasteiger partial charge in [0.05, 0.1) is 8.96 Å². The van der Waals surface area contributed by atoms with Crippen molar-refractivity contribution in [1.29, 1.82) is 0 Å². The molecule has 0 spiro atoms. The van der Waals surface area contributed by atoms with Gasteiger partial charge in [0.15, 0.2) is 0 Å². The Bertz CT molecular complexity index is 30.9. The van der Waals surface area contributed by atoms with Crippen LogP contribution in [0.4, 0.5) is 0 Å². The molecule has 0 rings (SSSR count). The number of hydrogen-bond acceptors (Lipinski definition) is 2. The molecule has 44 valence electrons. The Hall–Kier alpha value is 0.350. The highest BCUT2D eigenvalue weighted by Crippen LogP contribution is 1.99. The van der Waals surface area contributed by atoms with E-state index in [1.165, 1.54) is 6.42 Å². The summed E-state index contributed by atoms with van der Waals surface area (Å²) in [6.07, 6.45) is 1.18. The highest BCUT2D eigenvalue weighted by Gasteiger charge is 1.76. The molecule has 0 heterocycles. The minimum atomic E-state index is 0.472. The molecule has 0 amide bonds. The number of rotatable bonds is 4. The molecule has 0 aliphatic rings. The lowest BCUT2D eigenvalue weighted by Crippen LogP contribution is -2.00. The SMILES string of the molecule is CCCNPOC. The van der Waals surface area contributed by atoms with Gasteiger partial charge >= 0.3 is 0 Å². The van der Waals surface area contributed by atoms with Crippen LogP contribution in [-0.4, -0.2) is 13.7 Å². The quantitative estimate of drug-likeness (QED) is 0.445. The van der Waals surface area contributed by atoms with Gasteiger partial charge in [-0.1, -0.05) is 6.92 Å². The normalized spacial score (nSPS) is 11.1. The molecular weight excluding hydrogens is 109 g/mol. The molecule has 3 heteroatoms. The van der Waals surface area contributed by atoms with Gasteiger partial charge in [-0.2, -0.15) is 0 Å². The molecule has 2 nitrogen and oxygen atoms in total. The van der Waals surface area contributed by atoms with Gasteiger partial charge in [0.1, 0.15) is 0 Å². The second kappa shape index (κ2) is 6.35. The van der Waals surface area contributed by atoms with Crippen molar-refractivity contribution < 1.29 is 4.52 Å². The first-order valence-electron chi connectivity index (χ1n) is 2.42. The fourth-order valence-electron chi connectivity index (χ4n) is 0.248. The van der Waals surface area contributed by atoms with Gasteiger partial charge in [0.2, 0.25) is 0 Å². The zero-order valence-corrected chi connectivity index (χ0v) is 5.82. The molecule has 0 saturated heterocycles. The summed E-state index contributed by atoms with van der Waals surface area (Å²) in [6.45, 7) is 3.19. The molecule has 7 heavy (non-hydrogen) atoms. The van der Waals surface area contributed by atoms with Crippen LogP contribution in [0.2, 0.25) is 0 Å². The van der Waals surface area contributed by atoms with Gasteiger partial charge in [-0.05, 0) is 6.42 Å². The first-order valence-corrected chi connectivity index (χ1v) is 3.33. The molecule has 1 atom stereocenters. The van der Waals surface area contributed by atoms with E-state index < -0.39 is 0 Å². The summed E-state index contributed by atoms with van der Waals surface area (Å²) in [5, 5.41) is 3.09. The van der Waals surface area contributed by atoms with Crippen molar-refractivity contribution in [3.05, 3.63) is 0 Å². The third kappa shape index (κ3) is 6.35. The average molecular weight is 121 g/mol. The second-order valence-corrected chi connectivity index (χ2v) is 2.20. The monoisotopic (exact) mass is 121 g/mol. The second-order valence-electron chi connectivity index (χ2n) is 1.23. The summed E-state index contributed by atoms with van der Waals surface area (Å²) in [5.41, 5.74) is 0. The Morgan fingerprint density at radius 1 is 1.71 bits per heavy atom. The van der Waals surface area contributed by atoms with Crippen LogP contribution in [0.1, 0.15) is 13.3 Å². The molecule has 0 aliphatic heterocycles. The molecular formula is C4H12NOP. The van der Waals surface area contributed by atoms with Gasteiger partial charge in [-0.25, -0.2) is 0 Å². The Labute approximate surface area is 46.6 Å². The minimum absolute atomic E-state index is 0.472. The molecule has 0 bridgehead atoms. The molecule has 0 fully saturated rings. The third-order valence-corrected chi connectivity index (χ3v) is 1.15. The minimum Gasteiger partial charge on any atom is -0.350 e. The number of hydrogen-bond donors (Lipinski definition) is 1. The zero-order valence-electron chi connectivity index (χ0n) is 4.82. The van der Waals surface area contributed by atoms with Crippen molar-refractivity contribution in [3.63, 3.8) is 0 Å². The molecule has 0 aromatic rings. The first-order chi connectivity index (χ1) is 3.41. The first kappa shape index (κ1) is 7.35. The fourth-order valence-corrected chi connectivity index (χ4v) is 0.745. The van der Waals surface area contributed by atoms with Crippen molar-refractivity contribution in [1.82, 2.24) is 5.09 Å². The van der Waals surface area contributed by atoms with Gasteiger partial charge < -0.3 is 4.52 Å². The van der Waals surface area contributed by atoms with E-state index in [0.717, 1.165) is 6.54 Å². The van der Waals surface area contributed by atoms with Crippen LogP contribution >= 0.6 is 8.96 Å². The van der Waals surface area contributed by atoms with Crippen molar-refractivity contribution in [3.8, 4) is 0 Å². The van der Waals surface area contributed by atoms with E-state index in [1.54, 1.807) is 7.11 Å². The van der Waals surface area contributed by atoms with Gasteiger partial charge in [0, 0.05) is 13.7 Å². The molecule has 0 radical (unpaired) electrons. The predicted octanol–water partition coefficient (Wildman–Crippen LogP) is 1.14. The maximum absolute atomic E-state index is 4.76. The number of nitrogens with one attached hydrogen (secondary N) is 1. The summed E-state index contributed by atoms with van der Waals surface area (Å²) < 4.78 is 4.76. The van der Waals surface area contributed by atoms with Gasteiger partial charge in [-0.3, -0.25) is 5.09 Å². The molecule has 0 saturated carbocycles. The van der Waals surface area contributed by atoms with Crippen molar-refractivity contribution in [2.24, 2.45) is 0 Å². The molecule has 0 aromatic heterocycles. The standard InChI is InChI=1S/C4H12NOP/c1-3-4-5-7-6-2/h5,7H,3-4H2,1-2H3. The lowest BCUT2D eigenvalue weighted by Gasteiger charge is -1.96. The van der Waals surface area contributed by atoms with Gasteiger partial charge in [-0.15, -0.1) is 0 Å². The maximum atomic E-state index is 4.76. The summed E-state index contributed by atoms with van der Waals surface area (Å²) >= 11 is 0. The van der Waals surface area contributed by atoms with E-state index in [0.29, 0.717) is 8.96 Å². The van der Waals surface area contributed by atoms with Crippen LogP contribution in [0.5, 0.6) is 0 Å². The fraction of sp³-hybridized carbons (Fsp3) is 1.00. The molecule has 0 aromatic carbocycles. The maximum Gasteiger partial charge on any atom is 0.0857 e. The van der Waals surface area contributed by atoms with E-state index in [2.05, 4.69) is 12.0 Å². The van der Waals surface area contributed by atoms with Crippen LogP contribution in [0.3, 0.4) is 0 Å². The highest BCUT2D eigenvalue weighted by molar-refractivity contribution is 7.29. The van der Waals surface area contributed by atoms with E-state index >= 15 is 0 Å². The Morgan fingerprint density at radius 2 is 2.43 bits per heavy atom. The van der Waals surface area contributed by atoms with E-state index in [9.17, 15) is 0 Å². The van der Waals surface area contributed by atoms with Crippen LogP contribution in [0.15, 0.2) is 0 Å². The van der Waals surface area contributed by atoms with E-state index in [1.807, 2.05) is 0 Å². The summed E-state index contributed by atoms with van der Waals surface area (Å²) in [6, 6.07) is 0. The molecule has 1 N–H and O–H groups in total. The summed E-state index contributed by atoms with van der Waals surface area (Å²) in [7, 11) is 2.17. The molecule has 1 unspecified atom stereocenters. The summed E-state index contributed by atoms with van der Waals surface area (Å²) in [5.74, 6) is 0. The van der Waals surface area contributed by atoms with Crippen LogP contribution < -0.4 is 5.09 Å². The van der Waals surface area contributed by atoms with Crippen LogP contribution in [0.25, 0.3) is 0 Å². The average Bonchev–Trinajstić information content (AvgIpc) is 1.69. The van der Waals surface area contributed by atoms with Gasteiger partial charge in [0.25, 0.3) is 0 Å². The molecule has 0 aliphatic carbocycles. The van der Waals surface area contributed by atoms with Crippen molar-refractivity contribution >= 4 is 8.96 Å². The lowest BCUT2D eigenvalue weighted by atomic mass is 10.5. The summed E-state index contributed by atoms with van der Waals surface area (Å²) in [4.78, 5) is 0. The Morgan fingerprint density at radius 3 is 2.86 bits per heavy atom. The van der Waals surface area contributed by atoms with Crippen molar-refractivity contribution in [2.45, 2.75) is 13.3 Å². The van der Waals surface area contributed by atoms with Crippen LogP contribution in [-0.2, 0) is 4.52 Å². The van der Waals surface area contributed by atoms with E-state index in [4.69, 9.17) is 4.52 Å². The topological polar surface area (TPSA) is 21.3 Å². The lowest BCUT2D eigenvalue weighted by molar-refractivity contribution is 0.467. The Balaban J connectivity index is 2.45. The van der Waals surface area contributed by atoms with Crippen LogP contribution in [0, 0.1) is 0 Å². The smallest absolute Gasteiger partial charge is 0.0857 e. The van der Waals surface area contributed by atoms with E-state index in [-0.39, 0.29) is 0 Å². The Kier molecular flexibility index (Phi) is 6.67. The zero-order chi connectivity index (χ0) is 5.54. The largest absolute Gasteiger partial charge is 0.350 e. The third-order valence-electron chi connectivity index (χ3n) is 0.549. The van der Waals surface area contributed by atoms with Crippen molar-refractivity contribution in [2.75, 3.05) is 13.7 Å². The highest BCUT2D eigenvalue weighted by atomic mass is 31.1. The predicted molar refractivity (Wildman–Crippen MR) is 33.6 cm³/mol.